The van der Waals surface area contributed by atoms with Gasteiger partial charge in [0.25, 0.3) is 5.91 Å². The first-order valence-corrected chi connectivity index (χ1v) is 13.5. The highest BCUT2D eigenvalue weighted by Gasteiger charge is 2.66. The molecule has 0 radical (unpaired) electrons. The van der Waals surface area contributed by atoms with Gasteiger partial charge >= 0.3 is 0 Å². The van der Waals surface area contributed by atoms with E-state index in [1.54, 1.807) is 0 Å². The first-order chi connectivity index (χ1) is 20.0. The fraction of sp³-hybridized carbons (Fsp3) is 0.536. The monoisotopic (exact) mass is 606 g/mol. The molecule has 15 nitrogen and oxygen atoms in total. The Kier molecular flexibility index (Phi) is 7.47. The maximum absolute atomic E-state index is 14.1. The van der Waals surface area contributed by atoms with Crippen molar-refractivity contribution in [2.24, 2.45) is 17.6 Å². The van der Waals surface area contributed by atoms with Crippen LogP contribution in [0.2, 0.25) is 0 Å². The first-order valence-electron chi connectivity index (χ1n) is 13.5. The third-order valence-corrected chi connectivity index (χ3v) is 9.10. The molecule has 10 unspecified atom stereocenters. The SMILES string of the molecule is CN(C)C1C(=O)C(C(N)=O)=C(O)C2(O)C(=O)C3=C(O)c4c(OC5OC(CO)C(O)C(O)C5O)cccc4C(C)(O)C3CC12. The third-order valence-electron chi connectivity index (χ3n) is 9.10. The molecule has 0 spiro atoms. The van der Waals surface area contributed by atoms with Crippen LogP contribution in [0.5, 0.6) is 5.75 Å². The van der Waals surface area contributed by atoms with Crippen molar-refractivity contribution < 1.29 is 64.7 Å². The molecule has 10 atom stereocenters. The Hall–Kier alpha value is -3.41. The van der Waals surface area contributed by atoms with Crippen LogP contribution in [0.25, 0.3) is 5.76 Å². The Bertz CT molecular complexity index is 1450. The summed E-state index contributed by atoms with van der Waals surface area (Å²) in [6.07, 6.45) is -8.59. The van der Waals surface area contributed by atoms with E-state index in [9.17, 15) is 55.2 Å². The van der Waals surface area contributed by atoms with Gasteiger partial charge in [-0.25, -0.2) is 0 Å². The predicted molar refractivity (Wildman–Crippen MR) is 143 cm³/mol. The number of Topliss-reactive ketones (excluding diaryl/α,β-unsaturated/α-hetero) is 2. The van der Waals surface area contributed by atoms with E-state index in [1.807, 2.05) is 0 Å². The molecule has 15 heteroatoms. The molecule has 234 valence electrons. The van der Waals surface area contributed by atoms with Crippen LogP contribution in [-0.4, -0.2) is 126 Å². The Morgan fingerprint density at radius 1 is 1.12 bits per heavy atom. The second-order valence-electron chi connectivity index (χ2n) is 11.8. The van der Waals surface area contributed by atoms with Gasteiger partial charge < -0.3 is 56.1 Å². The van der Waals surface area contributed by atoms with Crippen molar-refractivity contribution in [3.63, 3.8) is 0 Å². The summed E-state index contributed by atoms with van der Waals surface area (Å²) in [5.74, 6) is -8.44. The molecule has 1 saturated heterocycles. The molecule has 43 heavy (non-hydrogen) atoms. The molecule has 2 fully saturated rings. The zero-order valence-corrected chi connectivity index (χ0v) is 23.4. The van der Waals surface area contributed by atoms with Gasteiger partial charge in [-0.2, -0.15) is 0 Å². The third kappa shape index (κ3) is 4.22. The smallest absolute Gasteiger partial charge is 0.255 e. The number of ether oxygens (including phenoxy) is 2. The van der Waals surface area contributed by atoms with Crippen molar-refractivity contribution in [2.75, 3.05) is 20.7 Å². The van der Waals surface area contributed by atoms with Gasteiger partial charge in [-0.05, 0) is 39.1 Å². The first kappa shape index (κ1) is 31.0. The highest BCUT2D eigenvalue weighted by Crippen LogP contribution is 2.57. The molecule has 0 aromatic heterocycles. The number of nitrogens with two attached hydrogens (primary N) is 1. The molecular formula is C28H34N2O13. The largest absolute Gasteiger partial charge is 0.508 e. The zero-order valence-electron chi connectivity index (χ0n) is 23.4. The lowest BCUT2D eigenvalue weighted by Gasteiger charge is -2.53. The molecule has 5 rings (SSSR count). The highest BCUT2D eigenvalue weighted by atomic mass is 16.7. The van der Waals surface area contributed by atoms with Crippen LogP contribution in [0.3, 0.4) is 0 Å². The number of fused-ring (bicyclic) bond motifs is 3. The van der Waals surface area contributed by atoms with Crippen molar-refractivity contribution >= 4 is 23.2 Å². The molecule has 1 heterocycles. The minimum Gasteiger partial charge on any atom is -0.508 e. The number of carbonyl (C=O) groups excluding carboxylic acids is 3. The van der Waals surface area contributed by atoms with E-state index in [2.05, 4.69) is 0 Å². The van der Waals surface area contributed by atoms with E-state index < -0.39 is 107 Å². The van der Waals surface area contributed by atoms with Crippen molar-refractivity contribution in [3.8, 4) is 5.75 Å². The average Bonchev–Trinajstić information content (AvgIpc) is 2.93. The quantitative estimate of drug-likeness (QED) is 0.152. The van der Waals surface area contributed by atoms with Gasteiger partial charge in [-0.3, -0.25) is 19.3 Å². The Labute approximate surface area is 244 Å². The molecule has 1 aliphatic heterocycles. The normalized spacial score (nSPS) is 39.4. The van der Waals surface area contributed by atoms with Crippen LogP contribution < -0.4 is 10.5 Å². The molecule has 1 aromatic rings. The number of likely N-dealkylation sites (N-methyl/N-ethyl adjacent to an activating group) is 1. The second-order valence-corrected chi connectivity index (χ2v) is 11.8. The van der Waals surface area contributed by atoms with E-state index in [0.717, 1.165) is 0 Å². The van der Waals surface area contributed by atoms with Crippen LogP contribution in [0.15, 0.2) is 35.1 Å². The number of aliphatic hydroxyl groups excluding tert-OH is 6. The summed E-state index contributed by atoms with van der Waals surface area (Å²) in [6.45, 7) is 0.608. The highest BCUT2D eigenvalue weighted by molar-refractivity contribution is 6.24. The summed E-state index contributed by atoms with van der Waals surface area (Å²) in [5, 5.41) is 86.6. The minimum absolute atomic E-state index is 0.0557. The molecule has 1 saturated carbocycles. The van der Waals surface area contributed by atoms with Crippen molar-refractivity contribution in [1.82, 2.24) is 4.90 Å². The number of primary amides is 1. The van der Waals surface area contributed by atoms with Gasteiger partial charge in [0.15, 0.2) is 11.4 Å². The summed E-state index contributed by atoms with van der Waals surface area (Å²) >= 11 is 0. The molecule has 3 aliphatic carbocycles. The Morgan fingerprint density at radius 2 is 1.77 bits per heavy atom. The molecule has 1 aromatic carbocycles. The van der Waals surface area contributed by atoms with Crippen LogP contribution in [-0.2, 0) is 24.7 Å². The average molecular weight is 607 g/mol. The van der Waals surface area contributed by atoms with Gasteiger partial charge in [0, 0.05) is 17.4 Å². The van der Waals surface area contributed by atoms with E-state index in [4.69, 9.17) is 15.2 Å². The van der Waals surface area contributed by atoms with Crippen molar-refractivity contribution in [2.45, 2.75) is 61.3 Å². The van der Waals surface area contributed by atoms with Crippen molar-refractivity contribution in [3.05, 3.63) is 46.2 Å². The predicted octanol–water partition coefficient (Wildman–Crippen LogP) is -2.90. The van der Waals surface area contributed by atoms with Gasteiger partial charge in [0.1, 0.15) is 47.3 Å². The van der Waals surface area contributed by atoms with E-state index in [-0.39, 0.29) is 23.3 Å². The number of ketones is 2. The van der Waals surface area contributed by atoms with E-state index in [1.165, 1.54) is 44.1 Å². The van der Waals surface area contributed by atoms with Gasteiger partial charge in [-0.15, -0.1) is 0 Å². The second kappa shape index (κ2) is 10.3. The maximum atomic E-state index is 14.1. The number of hydrogen-bond acceptors (Lipinski definition) is 14. The summed E-state index contributed by atoms with van der Waals surface area (Å²) in [7, 11) is 2.93. The van der Waals surface area contributed by atoms with Crippen LogP contribution >= 0.6 is 0 Å². The van der Waals surface area contributed by atoms with Crippen molar-refractivity contribution in [1.29, 1.82) is 0 Å². The van der Waals surface area contributed by atoms with E-state index >= 15 is 0 Å². The number of amides is 1. The number of aliphatic hydroxyl groups is 8. The minimum atomic E-state index is -2.88. The fourth-order valence-electron chi connectivity index (χ4n) is 6.88. The lowest BCUT2D eigenvalue weighted by Crippen LogP contribution is -2.67. The molecule has 0 bridgehead atoms. The summed E-state index contributed by atoms with van der Waals surface area (Å²) < 4.78 is 11.2. The molecular weight excluding hydrogens is 572 g/mol. The summed E-state index contributed by atoms with van der Waals surface area (Å²) in [6, 6.07) is 2.86. The zero-order chi connectivity index (χ0) is 31.9. The molecule has 4 aliphatic rings. The van der Waals surface area contributed by atoms with Crippen LogP contribution in [0, 0.1) is 11.8 Å². The number of nitrogens with zero attached hydrogens (tertiary/aromatic N) is 1. The lowest BCUT2D eigenvalue weighted by molar-refractivity contribution is -0.277. The van der Waals surface area contributed by atoms with Crippen LogP contribution in [0.4, 0.5) is 0 Å². The fourth-order valence-corrected chi connectivity index (χ4v) is 6.88. The molecule has 1 amide bonds. The van der Waals surface area contributed by atoms with Crippen LogP contribution in [0.1, 0.15) is 24.5 Å². The summed E-state index contributed by atoms with van der Waals surface area (Å²) in [4.78, 5) is 40.9. The van der Waals surface area contributed by atoms with Gasteiger partial charge in [-0.1, -0.05) is 12.1 Å². The number of benzene rings is 1. The number of hydrogen-bond donors (Lipinski definition) is 9. The Balaban J connectivity index is 1.67. The number of carbonyl (C=O) groups is 3. The maximum Gasteiger partial charge on any atom is 0.255 e. The topological polar surface area (TPSA) is 261 Å². The van der Waals surface area contributed by atoms with E-state index in [0.29, 0.717) is 0 Å². The summed E-state index contributed by atoms with van der Waals surface area (Å²) in [5.41, 5.74) is -1.17. The van der Waals surface area contributed by atoms with Gasteiger partial charge in [0.05, 0.1) is 23.8 Å². The lowest BCUT2D eigenvalue weighted by atomic mass is 9.54. The Morgan fingerprint density at radius 3 is 2.35 bits per heavy atom. The molecule has 10 N–H and O–H groups in total. The number of rotatable bonds is 5. The standard InChI is InChI=1S/C28H34N2O13/c1-27(40)9-5-4-6-12(42-26-22(36)21(35)18(32)13(8-31)43-26)14(9)19(33)15-10(27)7-11-17(30(2)3)20(34)16(25(29)39)24(38)28(11,41)23(15)37/h4-6,10-11,13,17-18,21-22,26,31-33,35-36,38,40-41H,7-8H2,1-3H3,(H2,29,39). The van der Waals surface area contributed by atoms with Gasteiger partial charge in [0.2, 0.25) is 12.1 Å².